The molecular formula is C14H16O4. The van der Waals surface area contributed by atoms with E-state index in [-0.39, 0.29) is 6.42 Å². The van der Waals surface area contributed by atoms with Gasteiger partial charge in [-0.25, -0.2) is 0 Å². The molecule has 4 nitrogen and oxygen atoms in total. The molecule has 2 aliphatic rings. The van der Waals surface area contributed by atoms with E-state index < -0.39 is 5.97 Å². The quantitative estimate of drug-likeness (QED) is 0.869. The minimum Gasteiger partial charge on any atom is -0.493 e. The Morgan fingerprint density at radius 3 is 2.83 bits per heavy atom. The number of hydrogen-bond acceptors (Lipinski definition) is 3. The van der Waals surface area contributed by atoms with Gasteiger partial charge in [-0.3, -0.25) is 4.79 Å². The largest absolute Gasteiger partial charge is 0.493 e. The molecule has 0 saturated heterocycles. The molecule has 3 rings (SSSR count). The Balaban J connectivity index is 2.13. The smallest absolute Gasteiger partial charge is 0.307 e. The van der Waals surface area contributed by atoms with E-state index in [2.05, 4.69) is 0 Å². The maximum atomic E-state index is 11.0. The van der Waals surface area contributed by atoms with Gasteiger partial charge >= 0.3 is 5.97 Å². The van der Waals surface area contributed by atoms with E-state index in [1.807, 2.05) is 6.07 Å². The first-order valence-corrected chi connectivity index (χ1v) is 6.40. The summed E-state index contributed by atoms with van der Waals surface area (Å²) in [6.45, 7) is 1.40. The Bertz CT molecular complexity index is 459. The lowest BCUT2D eigenvalue weighted by Crippen LogP contribution is -2.18. The Labute approximate surface area is 106 Å². The van der Waals surface area contributed by atoms with Crippen LogP contribution in [0.1, 0.15) is 29.5 Å². The zero-order valence-corrected chi connectivity index (χ0v) is 10.2. The lowest BCUT2D eigenvalue weighted by Gasteiger charge is -2.27. The summed E-state index contributed by atoms with van der Waals surface area (Å²) < 4.78 is 11.4. The molecule has 1 aromatic rings. The molecular weight excluding hydrogens is 232 g/mol. The highest BCUT2D eigenvalue weighted by Crippen LogP contribution is 2.39. The number of ether oxygens (including phenoxy) is 2. The van der Waals surface area contributed by atoms with Crippen LogP contribution in [0.5, 0.6) is 11.5 Å². The van der Waals surface area contributed by atoms with Crippen LogP contribution < -0.4 is 9.47 Å². The van der Waals surface area contributed by atoms with Crippen LogP contribution in [0, 0.1) is 0 Å². The van der Waals surface area contributed by atoms with Gasteiger partial charge in [-0.2, -0.15) is 0 Å². The zero-order valence-electron chi connectivity index (χ0n) is 10.2. The van der Waals surface area contributed by atoms with Crippen molar-refractivity contribution >= 4 is 5.97 Å². The zero-order chi connectivity index (χ0) is 12.5. The molecule has 0 aliphatic carbocycles. The molecule has 2 heterocycles. The monoisotopic (exact) mass is 248 g/mol. The predicted molar refractivity (Wildman–Crippen MR) is 65.4 cm³/mol. The molecule has 18 heavy (non-hydrogen) atoms. The number of hydrogen-bond donors (Lipinski definition) is 1. The van der Waals surface area contributed by atoms with Gasteiger partial charge in [-0.15, -0.1) is 0 Å². The highest BCUT2D eigenvalue weighted by Gasteiger charge is 2.25. The van der Waals surface area contributed by atoms with Gasteiger partial charge in [0.1, 0.15) is 11.5 Å². The normalized spacial score (nSPS) is 17.1. The van der Waals surface area contributed by atoms with Crippen molar-refractivity contribution in [2.75, 3.05) is 13.2 Å². The van der Waals surface area contributed by atoms with Crippen LogP contribution >= 0.6 is 0 Å². The lowest BCUT2D eigenvalue weighted by molar-refractivity contribution is -0.136. The molecule has 0 unspecified atom stereocenters. The number of aliphatic carboxylic acids is 1. The Morgan fingerprint density at radius 1 is 1.22 bits per heavy atom. The van der Waals surface area contributed by atoms with Gasteiger partial charge in [0.15, 0.2) is 0 Å². The van der Waals surface area contributed by atoms with Crippen molar-refractivity contribution in [1.29, 1.82) is 0 Å². The van der Waals surface area contributed by atoms with Crippen molar-refractivity contribution in [2.45, 2.75) is 32.1 Å². The van der Waals surface area contributed by atoms with Gasteiger partial charge in [0.05, 0.1) is 19.6 Å². The molecule has 0 aromatic heterocycles. The summed E-state index contributed by atoms with van der Waals surface area (Å²) in [5.74, 6) is 0.847. The predicted octanol–water partition coefficient (Wildman–Crippen LogP) is 1.96. The Kier molecular flexibility index (Phi) is 2.86. The second-order valence-electron chi connectivity index (χ2n) is 4.79. The summed E-state index contributed by atoms with van der Waals surface area (Å²) >= 11 is 0. The molecule has 0 spiro atoms. The van der Waals surface area contributed by atoms with Gasteiger partial charge < -0.3 is 14.6 Å². The number of benzene rings is 1. The molecule has 1 N–H and O–H groups in total. The van der Waals surface area contributed by atoms with E-state index in [0.717, 1.165) is 60.5 Å². The van der Waals surface area contributed by atoms with Crippen LogP contribution in [0.4, 0.5) is 0 Å². The van der Waals surface area contributed by atoms with E-state index in [9.17, 15) is 4.79 Å². The van der Waals surface area contributed by atoms with Crippen LogP contribution in [0.15, 0.2) is 6.07 Å². The van der Waals surface area contributed by atoms with Crippen LogP contribution in [-0.2, 0) is 24.1 Å². The van der Waals surface area contributed by atoms with E-state index in [1.165, 1.54) is 0 Å². The molecule has 0 atom stereocenters. The average Bonchev–Trinajstić information content (AvgIpc) is 2.38. The van der Waals surface area contributed by atoms with Crippen molar-refractivity contribution in [1.82, 2.24) is 0 Å². The van der Waals surface area contributed by atoms with Crippen molar-refractivity contribution in [3.05, 3.63) is 22.8 Å². The van der Waals surface area contributed by atoms with Crippen LogP contribution in [0.3, 0.4) is 0 Å². The van der Waals surface area contributed by atoms with Crippen LogP contribution in [0.25, 0.3) is 0 Å². The fourth-order valence-corrected chi connectivity index (χ4v) is 2.76. The number of rotatable bonds is 2. The van der Waals surface area contributed by atoms with Crippen LogP contribution in [0.2, 0.25) is 0 Å². The molecule has 0 fully saturated rings. The molecule has 0 saturated carbocycles. The van der Waals surface area contributed by atoms with Gasteiger partial charge in [0.25, 0.3) is 0 Å². The second kappa shape index (κ2) is 4.52. The first-order valence-electron chi connectivity index (χ1n) is 6.40. The maximum absolute atomic E-state index is 11.0. The second-order valence-corrected chi connectivity index (χ2v) is 4.79. The molecule has 4 heteroatoms. The van der Waals surface area contributed by atoms with Gasteiger partial charge in [-0.05, 0) is 37.3 Å². The lowest BCUT2D eigenvalue weighted by atomic mass is 9.91. The highest BCUT2D eigenvalue weighted by atomic mass is 16.5. The molecule has 0 radical (unpaired) electrons. The molecule has 0 bridgehead atoms. The molecule has 0 amide bonds. The van der Waals surface area contributed by atoms with E-state index >= 15 is 0 Å². The van der Waals surface area contributed by atoms with Gasteiger partial charge in [0, 0.05) is 11.1 Å². The number of carbonyl (C=O) groups is 1. The third kappa shape index (κ3) is 1.92. The van der Waals surface area contributed by atoms with Crippen molar-refractivity contribution in [3.63, 3.8) is 0 Å². The Morgan fingerprint density at radius 2 is 2.00 bits per heavy atom. The third-order valence-electron chi connectivity index (χ3n) is 3.53. The first-order chi connectivity index (χ1) is 8.75. The van der Waals surface area contributed by atoms with E-state index in [0.29, 0.717) is 6.61 Å². The first kappa shape index (κ1) is 11.4. The summed E-state index contributed by atoms with van der Waals surface area (Å²) in [6.07, 6.45) is 3.78. The van der Waals surface area contributed by atoms with E-state index in [1.54, 1.807) is 0 Å². The third-order valence-corrected chi connectivity index (χ3v) is 3.53. The SMILES string of the molecule is O=C(O)Cc1c2c(cc3c1OCCC3)OCCC2. The summed E-state index contributed by atoms with van der Waals surface area (Å²) in [6, 6.07) is 2.04. The summed E-state index contributed by atoms with van der Waals surface area (Å²) in [5.41, 5.74) is 2.96. The van der Waals surface area contributed by atoms with Crippen molar-refractivity contribution in [3.8, 4) is 11.5 Å². The average molecular weight is 248 g/mol. The maximum Gasteiger partial charge on any atom is 0.307 e. The fraction of sp³-hybridized carbons (Fsp3) is 0.500. The summed E-state index contributed by atoms with van der Waals surface area (Å²) in [7, 11) is 0. The topological polar surface area (TPSA) is 55.8 Å². The fourth-order valence-electron chi connectivity index (χ4n) is 2.76. The number of carboxylic acid groups (broad SMARTS) is 1. The molecule has 2 aliphatic heterocycles. The summed E-state index contributed by atoms with van der Waals surface area (Å²) in [5, 5.41) is 9.07. The minimum absolute atomic E-state index is 0.0227. The number of fused-ring (bicyclic) bond motifs is 2. The van der Waals surface area contributed by atoms with Gasteiger partial charge in [0.2, 0.25) is 0 Å². The number of carboxylic acids is 1. The van der Waals surface area contributed by atoms with Crippen molar-refractivity contribution < 1.29 is 19.4 Å². The highest BCUT2D eigenvalue weighted by molar-refractivity contribution is 5.73. The minimum atomic E-state index is -0.814. The van der Waals surface area contributed by atoms with Crippen LogP contribution in [-0.4, -0.2) is 24.3 Å². The van der Waals surface area contributed by atoms with Gasteiger partial charge in [-0.1, -0.05) is 0 Å². The number of aryl methyl sites for hydroxylation is 1. The van der Waals surface area contributed by atoms with E-state index in [4.69, 9.17) is 14.6 Å². The molecule has 1 aromatic carbocycles. The Hall–Kier alpha value is -1.71. The van der Waals surface area contributed by atoms with Crippen molar-refractivity contribution in [2.24, 2.45) is 0 Å². The summed E-state index contributed by atoms with van der Waals surface area (Å²) in [4.78, 5) is 11.0. The standard InChI is InChI=1S/C14H16O4/c15-13(16)8-11-10-4-2-5-17-12(10)7-9-3-1-6-18-14(9)11/h7H,1-6,8H2,(H,15,16). The molecule has 96 valence electrons.